The predicted molar refractivity (Wildman–Crippen MR) is 78.2 cm³/mol. The first-order valence-corrected chi connectivity index (χ1v) is 7.31. The van der Waals surface area contributed by atoms with Gasteiger partial charge in [-0.2, -0.15) is 0 Å². The molecule has 1 fully saturated rings. The van der Waals surface area contributed by atoms with E-state index in [2.05, 4.69) is 18.2 Å². The summed E-state index contributed by atoms with van der Waals surface area (Å²) in [5.41, 5.74) is 2.10. The molecule has 0 heterocycles. The maximum atomic E-state index is 12.6. The third kappa shape index (κ3) is 2.13. The van der Waals surface area contributed by atoms with Crippen molar-refractivity contribution >= 4 is 11.6 Å². The fourth-order valence-corrected chi connectivity index (χ4v) is 3.75. The number of allylic oxidation sites excluding steroid dienone is 2. The van der Waals surface area contributed by atoms with Crippen molar-refractivity contribution in [3.8, 4) is 0 Å². The van der Waals surface area contributed by atoms with Gasteiger partial charge in [-0.15, -0.1) is 0 Å². The number of hydrogen-bond donors (Lipinski definition) is 0. The minimum Gasteiger partial charge on any atom is -0.299 e. The van der Waals surface area contributed by atoms with Crippen molar-refractivity contribution in [3.63, 3.8) is 0 Å². The van der Waals surface area contributed by atoms with Crippen LogP contribution in [0.4, 0.5) is 0 Å². The number of benzene rings is 1. The fourth-order valence-electron chi connectivity index (χ4n) is 3.75. The molecule has 0 aromatic heterocycles. The van der Waals surface area contributed by atoms with E-state index in [0.717, 1.165) is 6.42 Å². The molecular weight excluding hydrogens is 248 g/mol. The zero-order chi connectivity index (χ0) is 14.3. The average molecular weight is 268 g/mol. The highest BCUT2D eigenvalue weighted by Crippen LogP contribution is 2.45. The van der Waals surface area contributed by atoms with Crippen molar-refractivity contribution in [2.75, 3.05) is 0 Å². The van der Waals surface area contributed by atoms with E-state index < -0.39 is 5.92 Å². The molecule has 0 spiro atoms. The lowest BCUT2D eigenvalue weighted by Crippen LogP contribution is -2.47. The Bertz CT molecular complexity index is 581. The molecule has 2 aliphatic carbocycles. The van der Waals surface area contributed by atoms with E-state index in [1.807, 2.05) is 32.0 Å². The molecular formula is C18H20O2. The van der Waals surface area contributed by atoms with Crippen LogP contribution in [0.3, 0.4) is 0 Å². The minimum atomic E-state index is -0.416. The molecule has 0 N–H and O–H groups in total. The zero-order valence-corrected chi connectivity index (χ0v) is 12.1. The third-order valence-electron chi connectivity index (χ3n) is 4.63. The molecule has 104 valence electrons. The van der Waals surface area contributed by atoms with Crippen LogP contribution in [-0.4, -0.2) is 11.6 Å². The lowest BCUT2D eigenvalue weighted by atomic mass is 9.59. The van der Waals surface area contributed by atoms with Gasteiger partial charge in [-0.05, 0) is 23.8 Å². The lowest BCUT2D eigenvalue weighted by Gasteiger charge is -2.42. The topological polar surface area (TPSA) is 34.1 Å². The molecule has 1 saturated carbocycles. The van der Waals surface area contributed by atoms with Crippen molar-refractivity contribution in [1.82, 2.24) is 0 Å². The Kier molecular flexibility index (Phi) is 3.12. The van der Waals surface area contributed by atoms with Gasteiger partial charge in [0, 0.05) is 12.3 Å². The standard InChI is InChI=1S/C18H20O2/c1-18(2)11-13(10-12-6-4-3-5-7-12)14-8-9-15(19)16(18)17(14)20/h3-7,11,14,16H,8-10H2,1-2H3. The van der Waals surface area contributed by atoms with Crippen molar-refractivity contribution in [2.24, 2.45) is 17.3 Å². The van der Waals surface area contributed by atoms with Crippen molar-refractivity contribution in [3.05, 3.63) is 47.5 Å². The van der Waals surface area contributed by atoms with Crippen molar-refractivity contribution in [1.29, 1.82) is 0 Å². The SMILES string of the molecule is CC1(C)C=C(Cc2ccccc2)C2CCC(=O)C1C2=O. The normalized spacial score (nSPS) is 28.2. The van der Waals surface area contributed by atoms with Gasteiger partial charge in [-0.1, -0.05) is 55.8 Å². The molecule has 20 heavy (non-hydrogen) atoms. The van der Waals surface area contributed by atoms with Gasteiger partial charge in [0.15, 0.2) is 5.78 Å². The molecule has 2 heteroatoms. The number of ketones is 2. The molecule has 0 saturated heterocycles. The Morgan fingerprint density at radius 1 is 1.15 bits per heavy atom. The summed E-state index contributed by atoms with van der Waals surface area (Å²) in [5.74, 6) is -0.169. The van der Waals surface area contributed by atoms with E-state index in [-0.39, 0.29) is 22.9 Å². The summed E-state index contributed by atoms with van der Waals surface area (Å²) >= 11 is 0. The highest BCUT2D eigenvalue weighted by Gasteiger charge is 2.49. The lowest BCUT2D eigenvalue weighted by molar-refractivity contribution is -0.142. The third-order valence-corrected chi connectivity index (χ3v) is 4.63. The molecule has 2 atom stereocenters. The van der Waals surface area contributed by atoms with Crippen LogP contribution in [0.2, 0.25) is 0 Å². The van der Waals surface area contributed by atoms with E-state index in [1.54, 1.807) is 0 Å². The Labute approximate surface area is 119 Å². The Morgan fingerprint density at radius 3 is 2.55 bits per heavy atom. The zero-order valence-electron chi connectivity index (χ0n) is 12.1. The molecule has 1 aromatic rings. The first-order valence-electron chi connectivity index (χ1n) is 7.31. The average Bonchev–Trinajstić information content (AvgIpc) is 2.37. The summed E-state index contributed by atoms with van der Waals surface area (Å²) in [7, 11) is 0. The summed E-state index contributed by atoms with van der Waals surface area (Å²) in [6.07, 6.45) is 4.26. The summed E-state index contributed by atoms with van der Waals surface area (Å²) in [4.78, 5) is 24.6. The maximum absolute atomic E-state index is 12.6. The van der Waals surface area contributed by atoms with Crippen LogP contribution in [0.1, 0.15) is 32.3 Å². The fraction of sp³-hybridized carbons (Fsp3) is 0.444. The molecule has 1 aromatic carbocycles. The van der Waals surface area contributed by atoms with Gasteiger partial charge in [0.25, 0.3) is 0 Å². The van der Waals surface area contributed by atoms with Gasteiger partial charge >= 0.3 is 0 Å². The minimum absolute atomic E-state index is 0.0362. The Balaban J connectivity index is 1.97. The second-order valence-corrected chi connectivity index (χ2v) is 6.60. The van der Waals surface area contributed by atoms with Gasteiger partial charge in [-0.3, -0.25) is 9.59 Å². The van der Waals surface area contributed by atoms with E-state index in [4.69, 9.17) is 0 Å². The molecule has 2 bridgehead atoms. The predicted octanol–water partition coefficient (Wildman–Crippen LogP) is 3.36. The molecule has 0 radical (unpaired) electrons. The molecule has 0 aliphatic heterocycles. The maximum Gasteiger partial charge on any atom is 0.151 e. The number of carbonyl (C=O) groups excluding carboxylic acids is 2. The summed E-state index contributed by atoms with van der Waals surface area (Å²) < 4.78 is 0. The van der Waals surface area contributed by atoms with Gasteiger partial charge in [-0.25, -0.2) is 0 Å². The molecule has 2 aliphatic rings. The van der Waals surface area contributed by atoms with Gasteiger partial charge in [0.2, 0.25) is 0 Å². The summed E-state index contributed by atoms with van der Waals surface area (Å²) in [6.45, 7) is 4.03. The first kappa shape index (κ1) is 13.3. The van der Waals surface area contributed by atoms with E-state index in [9.17, 15) is 9.59 Å². The molecule has 0 amide bonds. The van der Waals surface area contributed by atoms with Crippen LogP contribution in [-0.2, 0) is 16.0 Å². The smallest absolute Gasteiger partial charge is 0.151 e. The van der Waals surface area contributed by atoms with Gasteiger partial charge in [0.05, 0.1) is 5.92 Å². The Hall–Kier alpha value is -1.70. The van der Waals surface area contributed by atoms with E-state index >= 15 is 0 Å². The van der Waals surface area contributed by atoms with Crippen LogP contribution in [0, 0.1) is 17.3 Å². The highest BCUT2D eigenvalue weighted by molar-refractivity contribution is 6.08. The molecule has 3 rings (SSSR count). The molecule has 2 unspecified atom stereocenters. The largest absolute Gasteiger partial charge is 0.299 e. The number of carbonyl (C=O) groups is 2. The second kappa shape index (κ2) is 4.69. The number of rotatable bonds is 2. The van der Waals surface area contributed by atoms with Crippen LogP contribution in [0.25, 0.3) is 0 Å². The van der Waals surface area contributed by atoms with Gasteiger partial charge < -0.3 is 0 Å². The van der Waals surface area contributed by atoms with Crippen LogP contribution in [0.5, 0.6) is 0 Å². The number of Topliss-reactive ketones (excluding diaryl/α,β-unsaturated/α-hetero) is 2. The van der Waals surface area contributed by atoms with Crippen molar-refractivity contribution < 1.29 is 9.59 Å². The van der Waals surface area contributed by atoms with Crippen molar-refractivity contribution in [2.45, 2.75) is 33.1 Å². The van der Waals surface area contributed by atoms with Gasteiger partial charge in [0.1, 0.15) is 5.78 Å². The Morgan fingerprint density at radius 2 is 1.85 bits per heavy atom. The summed E-state index contributed by atoms with van der Waals surface area (Å²) in [6, 6.07) is 10.2. The number of hydrogen-bond acceptors (Lipinski definition) is 2. The van der Waals surface area contributed by atoms with Crippen LogP contribution < -0.4 is 0 Å². The highest BCUT2D eigenvalue weighted by atomic mass is 16.2. The quantitative estimate of drug-likeness (QED) is 0.609. The molecule has 2 nitrogen and oxygen atoms in total. The first-order chi connectivity index (χ1) is 9.49. The summed E-state index contributed by atoms with van der Waals surface area (Å²) in [5, 5.41) is 0. The van der Waals surface area contributed by atoms with Crippen LogP contribution in [0.15, 0.2) is 42.0 Å². The van der Waals surface area contributed by atoms with E-state index in [1.165, 1.54) is 11.1 Å². The van der Waals surface area contributed by atoms with Crippen LogP contribution >= 0.6 is 0 Å². The van der Waals surface area contributed by atoms with E-state index in [0.29, 0.717) is 12.8 Å². The second-order valence-electron chi connectivity index (χ2n) is 6.60. The number of fused-ring (bicyclic) bond motifs is 2. The monoisotopic (exact) mass is 268 g/mol.